The Morgan fingerprint density at radius 1 is 1.71 bits per heavy atom. The van der Waals surface area contributed by atoms with Crippen molar-refractivity contribution in [3.8, 4) is 0 Å². The van der Waals surface area contributed by atoms with E-state index in [4.69, 9.17) is 22.1 Å². The van der Waals surface area contributed by atoms with Gasteiger partial charge in [0.1, 0.15) is 12.3 Å². The molecule has 0 amide bonds. The number of aryl methyl sites for hydroxylation is 1. The average molecular weight is 258 g/mol. The second-order valence-corrected chi connectivity index (χ2v) is 4.48. The van der Waals surface area contributed by atoms with Crippen LogP contribution in [-0.4, -0.2) is 38.6 Å². The quantitative estimate of drug-likeness (QED) is 0.642. The highest BCUT2D eigenvalue weighted by Gasteiger charge is 2.34. The van der Waals surface area contributed by atoms with Gasteiger partial charge in [0.15, 0.2) is 4.77 Å². The van der Waals surface area contributed by atoms with Gasteiger partial charge in [-0.2, -0.15) is 0 Å². The number of aromatic amines is 1. The minimum absolute atomic E-state index is 0.233. The van der Waals surface area contributed by atoms with Crippen molar-refractivity contribution in [3.63, 3.8) is 0 Å². The number of ether oxygens (including phenoxy) is 1. The van der Waals surface area contributed by atoms with Crippen molar-refractivity contribution in [3.05, 3.63) is 26.9 Å². The molecule has 17 heavy (non-hydrogen) atoms. The number of hydrogen-bond donors (Lipinski definition) is 3. The molecular weight excluding hydrogens is 244 g/mol. The molecule has 1 saturated heterocycles. The zero-order valence-electron chi connectivity index (χ0n) is 9.29. The Kier molecular flexibility index (Phi) is 3.43. The largest absolute Gasteiger partial charge is 0.394 e. The molecule has 0 saturated carbocycles. The minimum Gasteiger partial charge on any atom is -0.394 e. The Morgan fingerprint density at radius 3 is 3.00 bits per heavy atom. The highest BCUT2D eigenvalue weighted by molar-refractivity contribution is 7.71. The molecule has 2 rings (SSSR count). The molecule has 0 bridgehead atoms. The Bertz CT molecular complexity index is 524. The number of rotatable bonds is 2. The van der Waals surface area contributed by atoms with Crippen LogP contribution in [0.4, 0.5) is 0 Å². The summed E-state index contributed by atoms with van der Waals surface area (Å²) in [5.74, 6) is 0. The predicted octanol–water partition coefficient (Wildman–Crippen LogP) is -0.145. The van der Waals surface area contributed by atoms with Crippen molar-refractivity contribution in [1.82, 2.24) is 9.55 Å². The maximum atomic E-state index is 11.3. The molecule has 0 spiro atoms. The monoisotopic (exact) mass is 258 g/mol. The lowest BCUT2D eigenvalue weighted by Gasteiger charge is -2.15. The first kappa shape index (κ1) is 12.4. The van der Waals surface area contributed by atoms with Crippen molar-refractivity contribution < 1.29 is 14.9 Å². The van der Waals surface area contributed by atoms with Gasteiger partial charge in [0, 0.05) is 18.2 Å². The number of nitrogens with zero attached hydrogens (tertiary/aromatic N) is 1. The van der Waals surface area contributed by atoms with Crippen LogP contribution < -0.4 is 5.56 Å². The second-order valence-electron chi connectivity index (χ2n) is 4.09. The maximum absolute atomic E-state index is 11.3. The molecule has 3 atom stereocenters. The number of aliphatic hydroxyl groups is 2. The van der Waals surface area contributed by atoms with Gasteiger partial charge in [-0.05, 0) is 19.1 Å². The van der Waals surface area contributed by atoms with Crippen molar-refractivity contribution in [2.75, 3.05) is 6.61 Å². The van der Waals surface area contributed by atoms with E-state index in [2.05, 4.69) is 4.98 Å². The molecule has 0 aliphatic carbocycles. The van der Waals surface area contributed by atoms with Crippen LogP contribution in [0.15, 0.2) is 11.0 Å². The van der Waals surface area contributed by atoms with Crippen molar-refractivity contribution in [2.45, 2.75) is 31.8 Å². The average Bonchev–Trinajstić information content (AvgIpc) is 2.65. The smallest absolute Gasteiger partial charge is 0.254 e. The van der Waals surface area contributed by atoms with Gasteiger partial charge in [-0.15, -0.1) is 0 Å². The van der Waals surface area contributed by atoms with E-state index in [1.165, 1.54) is 0 Å². The van der Waals surface area contributed by atoms with Gasteiger partial charge in [-0.25, -0.2) is 0 Å². The lowest BCUT2D eigenvalue weighted by Crippen LogP contribution is -2.24. The fourth-order valence-electron chi connectivity index (χ4n) is 1.85. The fraction of sp³-hybridized carbons (Fsp3) is 0.600. The summed E-state index contributed by atoms with van der Waals surface area (Å²) in [4.78, 5) is 13.9. The highest BCUT2D eigenvalue weighted by atomic mass is 32.1. The summed E-state index contributed by atoms with van der Waals surface area (Å²) in [6, 6.07) is 0. The summed E-state index contributed by atoms with van der Waals surface area (Å²) in [7, 11) is 0. The van der Waals surface area contributed by atoms with E-state index < -0.39 is 18.4 Å². The zero-order valence-corrected chi connectivity index (χ0v) is 10.1. The summed E-state index contributed by atoms with van der Waals surface area (Å²) >= 11 is 5.03. The molecule has 0 radical (unpaired) electrons. The van der Waals surface area contributed by atoms with Crippen molar-refractivity contribution in [1.29, 1.82) is 0 Å². The molecule has 1 aromatic rings. The van der Waals surface area contributed by atoms with Gasteiger partial charge in [-0.3, -0.25) is 14.3 Å². The van der Waals surface area contributed by atoms with Crippen LogP contribution in [0.1, 0.15) is 18.2 Å². The Balaban J connectivity index is 2.34. The summed E-state index contributed by atoms with van der Waals surface area (Å²) in [6.07, 6.45) is 0.155. The van der Waals surface area contributed by atoms with E-state index in [9.17, 15) is 9.90 Å². The molecule has 0 aromatic carbocycles. The molecule has 2 unspecified atom stereocenters. The predicted molar refractivity (Wildman–Crippen MR) is 62.2 cm³/mol. The van der Waals surface area contributed by atoms with Crippen LogP contribution in [0.2, 0.25) is 0 Å². The van der Waals surface area contributed by atoms with Gasteiger partial charge < -0.3 is 14.9 Å². The van der Waals surface area contributed by atoms with Crippen LogP contribution in [0.3, 0.4) is 0 Å². The third kappa shape index (κ3) is 2.32. The molecule has 1 aromatic heterocycles. The fourth-order valence-corrected chi connectivity index (χ4v) is 2.11. The van der Waals surface area contributed by atoms with Gasteiger partial charge in [0.05, 0.1) is 12.7 Å². The Labute approximate surface area is 102 Å². The molecule has 3 N–H and O–H groups in total. The summed E-state index contributed by atoms with van der Waals surface area (Å²) in [6.45, 7) is 1.42. The van der Waals surface area contributed by atoms with Crippen LogP contribution in [-0.2, 0) is 4.74 Å². The van der Waals surface area contributed by atoms with Crippen molar-refractivity contribution in [2.24, 2.45) is 0 Å². The zero-order chi connectivity index (χ0) is 12.6. The van der Waals surface area contributed by atoms with E-state index in [0.717, 1.165) is 0 Å². The SMILES string of the molecule is Cc1cn(C2CC(O)[C@@H](CO)O2)c(=S)[nH]c1=O. The number of aromatic nitrogens is 2. The molecule has 6 nitrogen and oxygen atoms in total. The van der Waals surface area contributed by atoms with Crippen LogP contribution >= 0.6 is 12.2 Å². The Morgan fingerprint density at radius 2 is 2.41 bits per heavy atom. The van der Waals surface area contributed by atoms with E-state index in [1.807, 2.05) is 0 Å². The first-order chi connectivity index (χ1) is 8.02. The van der Waals surface area contributed by atoms with E-state index in [-0.39, 0.29) is 16.9 Å². The first-order valence-electron chi connectivity index (χ1n) is 5.29. The normalized spacial score (nSPS) is 28.5. The molecular formula is C10H14N2O4S. The first-order valence-corrected chi connectivity index (χ1v) is 5.70. The summed E-state index contributed by atoms with van der Waals surface area (Å²) in [5, 5.41) is 18.6. The number of H-pyrrole nitrogens is 1. The molecule has 2 heterocycles. The molecule has 7 heteroatoms. The van der Waals surface area contributed by atoms with E-state index >= 15 is 0 Å². The topological polar surface area (TPSA) is 87.5 Å². The molecule has 1 aliphatic heterocycles. The van der Waals surface area contributed by atoms with E-state index in [1.54, 1.807) is 17.7 Å². The van der Waals surface area contributed by atoms with E-state index in [0.29, 0.717) is 12.0 Å². The maximum Gasteiger partial charge on any atom is 0.254 e. The second kappa shape index (κ2) is 4.69. The van der Waals surface area contributed by atoms with Gasteiger partial charge in [-0.1, -0.05) is 0 Å². The minimum atomic E-state index is -0.723. The third-order valence-corrected chi connectivity index (χ3v) is 3.15. The Hall–Kier alpha value is -1.02. The molecule has 94 valence electrons. The molecule has 1 fully saturated rings. The van der Waals surface area contributed by atoms with Gasteiger partial charge in [0.25, 0.3) is 5.56 Å². The highest BCUT2D eigenvalue weighted by Crippen LogP contribution is 2.28. The molecule has 1 aliphatic rings. The summed E-state index contributed by atoms with van der Waals surface area (Å²) < 4.78 is 7.29. The lowest BCUT2D eigenvalue weighted by atomic mass is 10.2. The summed E-state index contributed by atoms with van der Waals surface area (Å²) in [5.41, 5.74) is 0.285. The number of aliphatic hydroxyl groups excluding tert-OH is 2. The third-order valence-electron chi connectivity index (χ3n) is 2.84. The number of nitrogens with one attached hydrogen (secondary N) is 1. The van der Waals surface area contributed by atoms with Gasteiger partial charge in [0.2, 0.25) is 0 Å². The van der Waals surface area contributed by atoms with Crippen molar-refractivity contribution >= 4 is 12.2 Å². The number of hydrogen-bond acceptors (Lipinski definition) is 5. The van der Waals surface area contributed by atoms with Crippen LogP contribution in [0, 0.1) is 11.7 Å². The van der Waals surface area contributed by atoms with Crippen LogP contribution in [0.5, 0.6) is 0 Å². The lowest BCUT2D eigenvalue weighted by molar-refractivity contribution is -0.0453. The van der Waals surface area contributed by atoms with Gasteiger partial charge >= 0.3 is 0 Å². The van der Waals surface area contributed by atoms with Crippen LogP contribution in [0.25, 0.3) is 0 Å². The standard InChI is InChI=1S/C10H14N2O4S/c1-5-3-12(10(17)11-9(5)15)8-2-6(14)7(4-13)16-8/h3,6-8,13-14H,2,4H2,1H3,(H,11,15,17)/t6?,7-,8?/m1/s1.